The molecule has 0 aliphatic heterocycles. The van der Waals surface area contributed by atoms with Gasteiger partial charge >= 0.3 is 36.8 Å². The van der Waals surface area contributed by atoms with Crippen LogP contribution in [0.25, 0.3) is 0 Å². The van der Waals surface area contributed by atoms with Gasteiger partial charge in [0.1, 0.15) is 0 Å². The van der Waals surface area contributed by atoms with Gasteiger partial charge in [-0.2, -0.15) is 0 Å². The van der Waals surface area contributed by atoms with E-state index >= 15 is 0 Å². The summed E-state index contributed by atoms with van der Waals surface area (Å²) in [6.45, 7) is 0. The Morgan fingerprint density at radius 2 is 0.429 bits per heavy atom. The summed E-state index contributed by atoms with van der Waals surface area (Å²) in [5, 5.41) is 0. The van der Waals surface area contributed by atoms with Crippen LogP contribution < -0.4 is 0 Å². The van der Waals surface area contributed by atoms with Crippen LogP contribution in [-0.4, -0.2) is 27.4 Å². The number of hydrogen-bond acceptors (Lipinski definition) is 5. The summed E-state index contributed by atoms with van der Waals surface area (Å²) in [5.74, 6) is 0. The summed E-state index contributed by atoms with van der Waals surface area (Å²) >= 11 is 0. The van der Waals surface area contributed by atoms with Crippen molar-refractivity contribution in [3.63, 3.8) is 0 Å². The molecule has 1 radical (unpaired) electrons. The molecule has 0 spiro atoms. The van der Waals surface area contributed by atoms with Crippen LogP contribution in [0.2, 0.25) is 0 Å². The summed E-state index contributed by atoms with van der Waals surface area (Å²) < 4.78 is 0. The van der Waals surface area contributed by atoms with E-state index in [1.165, 1.54) is 0 Å². The molecule has 0 rings (SSSR count). The molecule has 0 aromatic carbocycles. The molecular weight excluding hydrogens is 197 g/mol. The van der Waals surface area contributed by atoms with Crippen LogP contribution in [0.4, 0.5) is 0 Å². The number of hydrogen-bond donors (Lipinski definition) is 0. The van der Waals surface area contributed by atoms with E-state index in [4.69, 9.17) is 0 Å². The predicted molar refractivity (Wildman–Crippen MR) is 9.68 cm³/mol. The van der Waals surface area contributed by atoms with Crippen LogP contribution in [0.5, 0.6) is 0 Å². The maximum Gasteiger partial charge on any atom is 3.00 e. The van der Waals surface area contributed by atoms with E-state index in [1.54, 1.807) is 0 Å². The molecule has 7 heteroatoms. The van der Waals surface area contributed by atoms with Crippen molar-refractivity contribution in [1.29, 1.82) is 0 Å². The van der Waals surface area contributed by atoms with Crippen LogP contribution in [0.3, 0.4) is 0 Å². The molecule has 0 saturated heterocycles. The van der Waals surface area contributed by atoms with E-state index in [9.17, 15) is 0 Å². The maximum atomic E-state index is 0. The van der Waals surface area contributed by atoms with Gasteiger partial charge in [-0.25, -0.2) is 0 Å². The molecular formula is H5CrO5Zn. The Balaban J connectivity index is 0. The molecule has 0 aromatic heterocycles. The van der Waals surface area contributed by atoms with Gasteiger partial charge in [0.15, 0.2) is 0 Å². The van der Waals surface area contributed by atoms with Gasteiger partial charge in [0.05, 0.1) is 0 Å². The fraction of sp³-hybridized carbons (Fsp3) is 0. The topological polar surface area (TPSA) is 150 Å². The first kappa shape index (κ1) is 421. The van der Waals surface area contributed by atoms with E-state index in [-0.39, 0.29) is 64.2 Å². The van der Waals surface area contributed by atoms with Crippen molar-refractivity contribution in [3.05, 3.63) is 0 Å². The zero-order chi connectivity index (χ0) is 0. The van der Waals surface area contributed by atoms with Crippen LogP contribution in [-0.2, 0) is 36.8 Å². The van der Waals surface area contributed by atoms with Crippen LogP contribution in [0.15, 0.2) is 0 Å². The first-order valence-electron chi connectivity index (χ1n) is 0. The third-order valence-electron chi connectivity index (χ3n) is 0. The van der Waals surface area contributed by atoms with Crippen molar-refractivity contribution >= 4 is 0 Å². The molecule has 0 aliphatic rings. The van der Waals surface area contributed by atoms with Crippen molar-refractivity contribution < 1.29 is 64.2 Å². The fourth-order valence-electron chi connectivity index (χ4n) is 0. The largest absolute Gasteiger partial charge is 3.00 e. The van der Waals surface area contributed by atoms with Gasteiger partial charge in [0, 0.05) is 0 Å². The quantitative estimate of drug-likeness (QED) is 0.467. The van der Waals surface area contributed by atoms with Gasteiger partial charge in [0.2, 0.25) is 0 Å². The molecule has 7 heavy (non-hydrogen) atoms. The summed E-state index contributed by atoms with van der Waals surface area (Å²) in [6.07, 6.45) is 0. The van der Waals surface area contributed by atoms with Crippen LogP contribution in [0.1, 0.15) is 0 Å². The third kappa shape index (κ3) is 187. The van der Waals surface area contributed by atoms with Crippen molar-refractivity contribution in [2.75, 3.05) is 0 Å². The van der Waals surface area contributed by atoms with Crippen LogP contribution >= 0.6 is 0 Å². The van der Waals surface area contributed by atoms with Gasteiger partial charge in [-0.1, -0.05) is 0 Å². The van der Waals surface area contributed by atoms with Crippen molar-refractivity contribution in [2.45, 2.75) is 0 Å². The van der Waals surface area contributed by atoms with E-state index < -0.39 is 0 Å². The fourth-order valence-corrected chi connectivity index (χ4v) is 0. The van der Waals surface area contributed by atoms with Gasteiger partial charge in [-0.15, -0.1) is 0 Å². The monoisotopic (exact) mass is 201 g/mol. The second-order valence-electron chi connectivity index (χ2n) is 0. The van der Waals surface area contributed by atoms with E-state index in [0.717, 1.165) is 0 Å². The average molecular weight is 202 g/mol. The average Bonchev–Trinajstić information content (AvgIpc) is 0. The van der Waals surface area contributed by atoms with Gasteiger partial charge < -0.3 is 27.4 Å². The predicted octanol–water partition coefficient (Wildman–Crippen LogP) is -0.889. The molecule has 5 N–H and O–H groups in total. The third-order valence-corrected chi connectivity index (χ3v) is 0. The summed E-state index contributed by atoms with van der Waals surface area (Å²) in [5.41, 5.74) is 0. The van der Waals surface area contributed by atoms with E-state index in [0.29, 0.717) is 0 Å². The van der Waals surface area contributed by atoms with Crippen molar-refractivity contribution in [1.82, 2.24) is 0 Å². The zero-order valence-corrected chi connectivity index (χ0v) is 7.59. The van der Waals surface area contributed by atoms with Crippen molar-refractivity contribution in [3.8, 4) is 0 Å². The van der Waals surface area contributed by atoms with Gasteiger partial charge in [0.25, 0.3) is 0 Å². The minimum Gasteiger partial charge on any atom is -0.870 e. The summed E-state index contributed by atoms with van der Waals surface area (Å²) in [4.78, 5) is 0. The molecule has 0 bridgehead atoms. The molecule has 0 aromatic rings. The Morgan fingerprint density at radius 1 is 0.429 bits per heavy atom. The number of rotatable bonds is 0. The second-order valence-corrected chi connectivity index (χ2v) is 0. The molecule has 43 valence electrons. The summed E-state index contributed by atoms with van der Waals surface area (Å²) in [6, 6.07) is 0. The molecule has 0 aliphatic carbocycles. The standard InChI is InChI=1S/Cr.5H2O.Zn/h;5*1H2;/q+3;;;;;;+2/p-5. The van der Waals surface area contributed by atoms with Gasteiger partial charge in [-0.05, 0) is 0 Å². The van der Waals surface area contributed by atoms with Gasteiger partial charge in [-0.3, -0.25) is 0 Å². The smallest absolute Gasteiger partial charge is 0.870 e. The Morgan fingerprint density at radius 3 is 0.429 bits per heavy atom. The minimum atomic E-state index is 0. The summed E-state index contributed by atoms with van der Waals surface area (Å²) in [7, 11) is 0. The molecule has 0 heterocycles. The maximum absolute atomic E-state index is 0. The normalized spacial score (nSPS) is 0. The Hall–Kier alpha value is 0.956. The van der Waals surface area contributed by atoms with E-state index in [1.807, 2.05) is 0 Å². The molecule has 0 amide bonds. The molecule has 5 nitrogen and oxygen atoms in total. The minimum absolute atomic E-state index is 0. The molecule has 0 saturated carbocycles. The molecule has 0 fully saturated rings. The van der Waals surface area contributed by atoms with Crippen molar-refractivity contribution in [2.24, 2.45) is 0 Å². The Bertz CT molecular complexity index is 8.04. The Labute approximate surface area is 64.5 Å². The first-order chi connectivity index (χ1) is 0. The zero-order valence-electron chi connectivity index (χ0n) is 3.35. The Kier molecular flexibility index (Phi) is 16300. The SMILES string of the molecule is [Cr+3].[OH-].[OH-].[OH-].[OH-].[OH-].[Zn+2]. The van der Waals surface area contributed by atoms with E-state index in [2.05, 4.69) is 0 Å². The molecule has 0 atom stereocenters. The first-order valence-corrected chi connectivity index (χ1v) is 0. The second kappa shape index (κ2) is 270. The molecule has 0 unspecified atom stereocenters. The van der Waals surface area contributed by atoms with Crippen LogP contribution in [0, 0.1) is 0 Å².